The second-order valence-electron chi connectivity index (χ2n) is 14.7. The smallest absolute Gasteiger partial charge is 0.0457 e. The van der Waals surface area contributed by atoms with Crippen LogP contribution in [0.15, 0.2) is 84.9 Å². The molecular weight excluding hydrogens is 506 g/mol. The third-order valence-electron chi connectivity index (χ3n) is 10.6. The molecule has 0 amide bonds. The lowest BCUT2D eigenvalue weighted by Gasteiger charge is -2.42. The van der Waals surface area contributed by atoms with Crippen molar-refractivity contribution in [1.29, 1.82) is 0 Å². The van der Waals surface area contributed by atoms with Crippen molar-refractivity contribution in [2.24, 2.45) is 0 Å². The monoisotopic (exact) mass is 553 g/mol. The van der Waals surface area contributed by atoms with Crippen LogP contribution in [0.25, 0.3) is 22.3 Å². The maximum absolute atomic E-state index is 2.76. The van der Waals surface area contributed by atoms with Crippen LogP contribution in [-0.2, 0) is 5.41 Å². The molecule has 0 radical (unpaired) electrons. The number of hydrogen-bond donors (Lipinski definition) is 0. The van der Waals surface area contributed by atoms with Gasteiger partial charge in [0, 0.05) is 22.3 Å². The van der Waals surface area contributed by atoms with Crippen LogP contribution >= 0.6 is 0 Å². The Morgan fingerprint density at radius 2 is 1.21 bits per heavy atom. The van der Waals surface area contributed by atoms with Crippen LogP contribution in [0.5, 0.6) is 0 Å². The fourth-order valence-electron chi connectivity index (χ4n) is 8.62. The third kappa shape index (κ3) is 4.52. The lowest BCUT2D eigenvalue weighted by Crippen LogP contribution is -2.39. The van der Waals surface area contributed by atoms with Crippen LogP contribution in [0.2, 0.25) is 0 Å². The number of hydrogen-bond acceptors (Lipinski definition) is 1. The van der Waals surface area contributed by atoms with Crippen molar-refractivity contribution in [2.75, 3.05) is 4.90 Å². The van der Waals surface area contributed by atoms with E-state index in [1.54, 1.807) is 11.1 Å². The van der Waals surface area contributed by atoms with E-state index in [1.807, 2.05) is 0 Å². The zero-order valence-corrected chi connectivity index (χ0v) is 26.3. The summed E-state index contributed by atoms with van der Waals surface area (Å²) < 4.78 is 0. The van der Waals surface area contributed by atoms with Crippen molar-refractivity contribution in [2.45, 2.75) is 109 Å². The standard InChI is InChI=1S/C41H47N/c1-40(2,3)42(37-25-15-23-31(28-16-7-6-8-17-28)39(37)30-20-11-12-21-30)38-27-34-32-22-13-14-24-35(32)41(4,5)36(34)26-33(38)29-18-9-10-19-29/h6-8,13-17,22-27,29-30H,9-12,18-21H2,1-5H3. The summed E-state index contributed by atoms with van der Waals surface area (Å²) in [5.41, 5.74) is 14.5. The molecule has 3 aliphatic rings. The summed E-state index contributed by atoms with van der Waals surface area (Å²) in [6.45, 7) is 12.1. The molecule has 3 aliphatic carbocycles. The average molecular weight is 554 g/mol. The van der Waals surface area contributed by atoms with Gasteiger partial charge in [-0.15, -0.1) is 0 Å². The Balaban J connectivity index is 1.51. The second-order valence-corrected chi connectivity index (χ2v) is 14.7. The molecule has 7 rings (SSSR count). The Kier molecular flexibility index (Phi) is 6.84. The molecule has 0 aliphatic heterocycles. The van der Waals surface area contributed by atoms with Crippen LogP contribution in [-0.4, -0.2) is 5.54 Å². The minimum Gasteiger partial charge on any atom is -0.336 e. The van der Waals surface area contributed by atoms with Gasteiger partial charge >= 0.3 is 0 Å². The van der Waals surface area contributed by atoms with E-state index in [9.17, 15) is 0 Å². The number of benzene rings is 4. The van der Waals surface area contributed by atoms with Gasteiger partial charge in [0.05, 0.1) is 0 Å². The molecule has 1 nitrogen and oxygen atoms in total. The summed E-state index contributed by atoms with van der Waals surface area (Å²) >= 11 is 0. The van der Waals surface area contributed by atoms with Gasteiger partial charge in [0.25, 0.3) is 0 Å². The Morgan fingerprint density at radius 1 is 0.595 bits per heavy atom. The van der Waals surface area contributed by atoms with E-state index >= 15 is 0 Å². The van der Waals surface area contributed by atoms with E-state index in [0.717, 1.165) is 0 Å². The molecule has 0 aromatic heterocycles. The molecule has 0 N–H and O–H groups in total. The highest BCUT2D eigenvalue weighted by atomic mass is 15.2. The molecule has 0 bridgehead atoms. The first-order valence-electron chi connectivity index (χ1n) is 16.5. The van der Waals surface area contributed by atoms with E-state index in [4.69, 9.17) is 0 Å². The number of nitrogens with zero attached hydrogens (tertiary/aromatic N) is 1. The lowest BCUT2D eigenvalue weighted by atomic mass is 9.80. The minimum atomic E-state index is -0.0854. The summed E-state index contributed by atoms with van der Waals surface area (Å²) in [5.74, 6) is 1.23. The second kappa shape index (κ2) is 10.4. The predicted octanol–water partition coefficient (Wildman–Crippen LogP) is 11.9. The summed E-state index contributed by atoms with van der Waals surface area (Å²) in [7, 11) is 0. The van der Waals surface area contributed by atoms with Crippen molar-refractivity contribution in [3.8, 4) is 22.3 Å². The largest absolute Gasteiger partial charge is 0.336 e. The molecule has 1 heteroatoms. The first-order chi connectivity index (χ1) is 20.2. The quantitative estimate of drug-likeness (QED) is 0.237. The highest BCUT2D eigenvalue weighted by Crippen LogP contribution is 2.55. The normalized spacial score (nSPS) is 18.3. The van der Waals surface area contributed by atoms with Gasteiger partial charge < -0.3 is 4.90 Å². The van der Waals surface area contributed by atoms with E-state index < -0.39 is 0 Å². The highest BCUT2D eigenvalue weighted by molar-refractivity contribution is 5.87. The maximum atomic E-state index is 2.76. The number of anilines is 2. The van der Waals surface area contributed by atoms with Gasteiger partial charge in [-0.3, -0.25) is 0 Å². The Labute approximate surface area is 254 Å². The molecule has 216 valence electrons. The minimum absolute atomic E-state index is 0.0204. The van der Waals surface area contributed by atoms with Crippen LogP contribution in [0.3, 0.4) is 0 Å². The first kappa shape index (κ1) is 27.5. The molecule has 0 saturated heterocycles. The van der Waals surface area contributed by atoms with Gasteiger partial charge in [-0.1, -0.05) is 112 Å². The zero-order valence-electron chi connectivity index (χ0n) is 26.3. The Bertz CT molecular complexity index is 1590. The van der Waals surface area contributed by atoms with Crippen molar-refractivity contribution in [3.63, 3.8) is 0 Å². The molecular formula is C41H47N. The molecule has 2 saturated carbocycles. The molecule has 2 fully saturated rings. The SMILES string of the molecule is CC1(C)c2ccccc2-c2cc(N(c3cccc(-c4ccccc4)c3C3CCCC3)C(C)(C)C)c(C3CCCC3)cc21. The van der Waals surface area contributed by atoms with Gasteiger partial charge in [-0.25, -0.2) is 0 Å². The molecule has 0 spiro atoms. The maximum Gasteiger partial charge on any atom is 0.0457 e. The van der Waals surface area contributed by atoms with E-state index in [-0.39, 0.29) is 11.0 Å². The van der Waals surface area contributed by atoms with E-state index in [2.05, 4.69) is 124 Å². The van der Waals surface area contributed by atoms with E-state index in [0.29, 0.717) is 11.8 Å². The average Bonchev–Trinajstić information content (AvgIpc) is 3.75. The fourth-order valence-corrected chi connectivity index (χ4v) is 8.62. The summed E-state index contributed by atoms with van der Waals surface area (Å²) in [5, 5.41) is 0. The van der Waals surface area contributed by atoms with Crippen molar-refractivity contribution < 1.29 is 0 Å². The van der Waals surface area contributed by atoms with Crippen molar-refractivity contribution >= 4 is 11.4 Å². The predicted molar refractivity (Wildman–Crippen MR) is 180 cm³/mol. The first-order valence-corrected chi connectivity index (χ1v) is 16.5. The van der Waals surface area contributed by atoms with Gasteiger partial charge in [0.2, 0.25) is 0 Å². The third-order valence-corrected chi connectivity index (χ3v) is 10.6. The molecule has 4 aromatic rings. The lowest BCUT2D eigenvalue weighted by molar-refractivity contribution is 0.551. The summed E-state index contributed by atoms with van der Waals surface area (Å²) in [6, 6.07) is 32.7. The van der Waals surface area contributed by atoms with Gasteiger partial charge in [-0.2, -0.15) is 0 Å². The molecule has 0 heterocycles. The summed E-state index contributed by atoms with van der Waals surface area (Å²) in [4.78, 5) is 2.76. The highest BCUT2D eigenvalue weighted by Gasteiger charge is 2.39. The topological polar surface area (TPSA) is 3.24 Å². The van der Waals surface area contributed by atoms with Crippen LogP contribution < -0.4 is 4.90 Å². The zero-order chi connectivity index (χ0) is 29.1. The van der Waals surface area contributed by atoms with Crippen LogP contribution in [0.1, 0.15) is 120 Å². The Hall–Kier alpha value is -3.32. The molecule has 42 heavy (non-hydrogen) atoms. The van der Waals surface area contributed by atoms with Crippen LogP contribution in [0, 0.1) is 0 Å². The number of rotatable bonds is 5. The fraction of sp³-hybridized carbons (Fsp3) is 0.415. The summed E-state index contributed by atoms with van der Waals surface area (Å²) in [6.07, 6.45) is 10.5. The molecule has 0 atom stereocenters. The molecule has 4 aromatic carbocycles. The van der Waals surface area contributed by atoms with E-state index in [1.165, 1.54) is 96.1 Å². The van der Waals surface area contributed by atoms with Gasteiger partial charge in [-0.05, 0) is 115 Å². The van der Waals surface area contributed by atoms with Crippen molar-refractivity contribution in [3.05, 3.63) is 107 Å². The molecule has 0 unspecified atom stereocenters. The van der Waals surface area contributed by atoms with Crippen LogP contribution in [0.4, 0.5) is 11.4 Å². The van der Waals surface area contributed by atoms with Crippen molar-refractivity contribution in [1.82, 2.24) is 0 Å². The van der Waals surface area contributed by atoms with Gasteiger partial charge in [0.15, 0.2) is 0 Å². The number of fused-ring (bicyclic) bond motifs is 3. The van der Waals surface area contributed by atoms with Gasteiger partial charge in [0.1, 0.15) is 0 Å². The Morgan fingerprint density at radius 3 is 1.90 bits per heavy atom.